The Labute approximate surface area is 126 Å². The SMILES string of the molecule is CCN(CC)Cc1ccccc1CNCc1cccs1. The topological polar surface area (TPSA) is 15.3 Å². The molecule has 108 valence electrons. The van der Waals surface area contributed by atoms with Crippen molar-refractivity contribution in [2.45, 2.75) is 33.5 Å². The summed E-state index contributed by atoms with van der Waals surface area (Å²) < 4.78 is 0. The lowest BCUT2D eigenvalue weighted by Crippen LogP contribution is -2.23. The maximum atomic E-state index is 3.55. The molecule has 0 saturated heterocycles. The zero-order valence-corrected chi connectivity index (χ0v) is 13.2. The number of nitrogens with zero attached hydrogens (tertiary/aromatic N) is 1. The quantitative estimate of drug-likeness (QED) is 0.793. The lowest BCUT2D eigenvalue weighted by Gasteiger charge is -2.20. The Morgan fingerprint density at radius 1 is 0.950 bits per heavy atom. The van der Waals surface area contributed by atoms with Gasteiger partial charge in [-0.2, -0.15) is 0 Å². The first-order chi connectivity index (χ1) is 9.83. The molecule has 0 aliphatic heterocycles. The number of nitrogens with one attached hydrogen (secondary N) is 1. The summed E-state index contributed by atoms with van der Waals surface area (Å²) in [5.74, 6) is 0. The summed E-state index contributed by atoms with van der Waals surface area (Å²) in [5, 5.41) is 5.68. The molecule has 2 aromatic rings. The smallest absolute Gasteiger partial charge is 0.0302 e. The Balaban J connectivity index is 1.93. The van der Waals surface area contributed by atoms with Gasteiger partial charge in [-0.05, 0) is 35.7 Å². The van der Waals surface area contributed by atoms with Gasteiger partial charge in [0.1, 0.15) is 0 Å². The first-order valence-electron chi connectivity index (χ1n) is 7.35. The molecule has 3 heteroatoms. The number of benzene rings is 1. The Hall–Kier alpha value is -1.16. The molecule has 0 fully saturated rings. The average molecular weight is 288 g/mol. The zero-order valence-electron chi connectivity index (χ0n) is 12.4. The predicted molar refractivity (Wildman–Crippen MR) is 87.9 cm³/mol. The van der Waals surface area contributed by atoms with Crippen LogP contribution in [0.2, 0.25) is 0 Å². The molecule has 0 saturated carbocycles. The van der Waals surface area contributed by atoms with Crippen molar-refractivity contribution < 1.29 is 0 Å². The molecule has 0 bridgehead atoms. The fourth-order valence-corrected chi connectivity index (χ4v) is 2.98. The molecule has 20 heavy (non-hydrogen) atoms. The molecule has 1 N–H and O–H groups in total. The summed E-state index contributed by atoms with van der Waals surface area (Å²) >= 11 is 1.81. The lowest BCUT2D eigenvalue weighted by molar-refractivity contribution is 0.294. The highest BCUT2D eigenvalue weighted by Crippen LogP contribution is 2.13. The van der Waals surface area contributed by atoms with Gasteiger partial charge >= 0.3 is 0 Å². The Kier molecular flexibility index (Phi) is 6.25. The molecule has 0 amide bonds. The van der Waals surface area contributed by atoms with Gasteiger partial charge in [-0.1, -0.05) is 44.2 Å². The van der Waals surface area contributed by atoms with Crippen LogP contribution in [-0.2, 0) is 19.6 Å². The van der Waals surface area contributed by atoms with Gasteiger partial charge in [0.2, 0.25) is 0 Å². The summed E-state index contributed by atoms with van der Waals surface area (Å²) in [7, 11) is 0. The van der Waals surface area contributed by atoms with Gasteiger partial charge in [-0.15, -0.1) is 11.3 Å². The fourth-order valence-electron chi connectivity index (χ4n) is 2.31. The third kappa shape index (κ3) is 4.44. The van der Waals surface area contributed by atoms with Crippen LogP contribution in [0.1, 0.15) is 29.9 Å². The minimum Gasteiger partial charge on any atom is -0.308 e. The summed E-state index contributed by atoms with van der Waals surface area (Å²) in [6.45, 7) is 9.60. The number of rotatable bonds is 8. The van der Waals surface area contributed by atoms with Crippen LogP contribution >= 0.6 is 11.3 Å². The monoisotopic (exact) mass is 288 g/mol. The van der Waals surface area contributed by atoms with Crippen molar-refractivity contribution in [1.29, 1.82) is 0 Å². The van der Waals surface area contributed by atoms with E-state index in [1.54, 1.807) is 0 Å². The van der Waals surface area contributed by atoms with E-state index < -0.39 is 0 Å². The second kappa shape index (κ2) is 8.20. The van der Waals surface area contributed by atoms with Gasteiger partial charge < -0.3 is 5.32 Å². The van der Waals surface area contributed by atoms with Gasteiger partial charge in [0, 0.05) is 24.5 Å². The highest BCUT2D eigenvalue weighted by atomic mass is 32.1. The first-order valence-corrected chi connectivity index (χ1v) is 8.23. The van der Waals surface area contributed by atoms with E-state index in [0.29, 0.717) is 0 Å². The third-order valence-electron chi connectivity index (χ3n) is 3.60. The molecule has 1 heterocycles. The molecule has 0 aliphatic rings. The van der Waals surface area contributed by atoms with Crippen molar-refractivity contribution in [1.82, 2.24) is 10.2 Å². The van der Waals surface area contributed by atoms with E-state index in [2.05, 4.69) is 65.8 Å². The zero-order chi connectivity index (χ0) is 14.2. The van der Waals surface area contributed by atoms with Crippen LogP contribution in [0.3, 0.4) is 0 Å². The molecule has 1 aromatic heterocycles. The van der Waals surface area contributed by atoms with E-state index in [-0.39, 0.29) is 0 Å². The Bertz CT molecular complexity index is 489. The van der Waals surface area contributed by atoms with Crippen molar-refractivity contribution in [3.63, 3.8) is 0 Å². The van der Waals surface area contributed by atoms with Crippen molar-refractivity contribution in [3.05, 3.63) is 57.8 Å². The highest BCUT2D eigenvalue weighted by Gasteiger charge is 2.05. The van der Waals surface area contributed by atoms with E-state index >= 15 is 0 Å². The van der Waals surface area contributed by atoms with E-state index in [0.717, 1.165) is 32.7 Å². The van der Waals surface area contributed by atoms with Crippen LogP contribution in [0.4, 0.5) is 0 Å². The molecule has 0 unspecified atom stereocenters. The lowest BCUT2D eigenvalue weighted by atomic mass is 10.1. The molecule has 2 nitrogen and oxygen atoms in total. The molecule has 0 spiro atoms. The fraction of sp³-hybridized carbons (Fsp3) is 0.412. The minimum absolute atomic E-state index is 0.940. The molecule has 2 rings (SSSR count). The Morgan fingerprint density at radius 2 is 1.70 bits per heavy atom. The molecule has 0 aliphatic carbocycles. The summed E-state index contributed by atoms with van der Waals surface area (Å²) in [6.07, 6.45) is 0. The third-order valence-corrected chi connectivity index (χ3v) is 4.48. The van der Waals surface area contributed by atoms with Crippen molar-refractivity contribution in [2.24, 2.45) is 0 Å². The predicted octanol–water partition coefficient (Wildman–Crippen LogP) is 3.88. The second-order valence-corrected chi connectivity index (χ2v) is 5.95. The van der Waals surface area contributed by atoms with Gasteiger partial charge in [0.05, 0.1) is 0 Å². The highest BCUT2D eigenvalue weighted by molar-refractivity contribution is 7.09. The maximum Gasteiger partial charge on any atom is 0.0302 e. The van der Waals surface area contributed by atoms with E-state index in [1.165, 1.54) is 16.0 Å². The molecular formula is C17H24N2S. The largest absolute Gasteiger partial charge is 0.308 e. The summed E-state index contributed by atoms with van der Waals surface area (Å²) in [6, 6.07) is 13.0. The minimum atomic E-state index is 0.940. The van der Waals surface area contributed by atoms with Gasteiger partial charge in [0.25, 0.3) is 0 Å². The molecular weight excluding hydrogens is 264 g/mol. The normalized spacial score (nSPS) is 11.2. The van der Waals surface area contributed by atoms with E-state index in [9.17, 15) is 0 Å². The van der Waals surface area contributed by atoms with Crippen LogP contribution in [0.25, 0.3) is 0 Å². The second-order valence-electron chi connectivity index (χ2n) is 4.91. The maximum absolute atomic E-state index is 3.55. The van der Waals surface area contributed by atoms with Gasteiger partial charge in [0.15, 0.2) is 0 Å². The summed E-state index contributed by atoms with van der Waals surface area (Å²) in [4.78, 5) is 3.85. The molecule has 0 radical (unpaired) electrons. The van der Waals surface area contributed by atoms with Gasteiger partial charge in [-0.25, -0.2) is 0 Å². The average Bonchev–Trinajstić information content (AvgIpc) is 2.99. The molecule has 0 atom stereocenters. The van der Waals surface area contributed by atoms with Gasteiger partial charge in [-0.3, -0.25) is 4.90 Å². The number of thiophene rings is 1. The van der Waals surface area contributed by atoms with Crippen LogP contribution in [-0.4, -0.2) is 18.0 Å². The van der Waals surface area contributed by atoms with E-state index in [4.69, 9.17) is 0 Å². The van der Waals surface area contributed by atoms with Crippen molar-refractivity contribution in [3.8, 4) is 0 Å². The number of hydrogen-bond donors (Lipinski definition) is 1. The van der Waals surface area contributed by atoms with Crippen LogP contribution in [0.15, 0.2) is 41.8 Å². The van der Waals surface area contributed by atoms with E-state index in [1.807, 2.05) is 11.3 Å². The van der Waals surface area contributed by atoms with Crippen molar-refractivity contribution >= 4 is 11.3 Å². The molecule has 1 aromatic carbocycles. The first kappa shape index (κ1) is 15.2. The Morgan fingerprint density at radius 3 is 2.35 bits per heavy atom. The van der Waals surface area contributed by atoms with Crippen molar-refractivity contribution in [2.75, 3.05) is 13.1 Å². The van der Waals surface area contributed by atoms with Crippen LogP contribution in [0.5, 0.6) is 0 Å². The van der Waals surface area contributed by atoms with Crippen LogP contribution in [0, 0.1) is 0 Å². The number of hydrogen-bond acceptors (Lipinski definition) is 3. The van der Waals surface area contributed by atoms with Crippen LogP contribution < -0.4 is 5.32 Å². The summed E-state index contributed by atoms with van der Waals surface area (Å²) in [5.41, 5.74) is 2.85. The standard InChI is InChI=1S/C17H24N2S/c1-3-19(4-2)14-16-9-6-5-8-15(16)12-18-13-17-10-7-11-20-17/h5-11,18H,3-4,12-14H2,1-2H3.